The summed E-state index contributed by atoms with van der Waals surface area (Å²) in [6.07, 6.45) is 79.5. The van der Waals surface area contributed by atoms with Crippen molar-refractivity contribution >= 4 is 39.5 Å². The molecule has 0 heterocycles. The van der Waals surface area contributed by atoms with E-state index in [4.69, 9.17) is 37.0 Å². The van der Waals surface area contributed by atoms with Crippen molar-refractivity contribution in [3.05, 3.63) is 97.2 Å². The Kier molecular flexibility index (Phi) is 72.3. The third-order valence-electron chi connectivity index (χ3n) is 17.0. The van der Waals surface area contributed by atoms with Crippen LogP contribution in [0.3, 0.4) is 0 Å². The molecule has 0 amide bonds. The lowest BCUT2D eigenvalue weighted by molar-refractivity contribution is -0.161. The normalized spacial score (nSPS) is 14.4. The SMILES string of the molecule is CC/C=C\C/C=C\C/C=C\CCCCCCCCCC(=O)OCC(COP(=O)(O)OCC(O)COP(=O)(O)OCC(COC(=O)CCCCCCCC/C=C\C/C=C\C/C=C\CCCCC)OC(=O)CCCCCCCCCCCCCCC)OC(=O)CCCCCCC/C=C\C/C=C\CCC. The molecule has 0 fully saturated rings. The minimum Gasteiger partial charge on any atom is -0.462 e. The molecule has 0 aromatic carbocycles. The van der Waals surface area contributed by atoms with Gasteiger partial charge in [0.2, 0.25) is 0 Å². The van der Waals surface area contributed by atoms with Crippen molar-refractivity contribution in [2.75, 3.05) is 39.6 Å². The van der Waals surface area contributed by atoms with Crippen LogP contribution in [0.5, 0.6) is 0 Å². The van der Waals surface area contributed by atoms with Crippen LogP contribution in [0.2, 0.25) is 0 Å². The molecule has 102 heavy (non-hydrogen) atoms. The summed E-state index contributed by atoms with van der Waals surface area (Å²) in [7, 11) is -9.96. The van der Waals surface area contributed by atoms with Gasteiger partial charge < -0.3 is 33.8 Å². The predicted molar refractivity (Wildman–Crippen MR) is 418 cm³/mol. The highest BCUT2D eigenvalue weighted by Crippen LogP contribution is 2.45. The molecule has 0 saturated carbocycles. The van der Waals surface area contributed by atoms with E-state index >= 15 is 0 Å². The maximum Gasteiger partial charge on any atom is 0.472 e. The van der Waals surface area contributed by atoms with Crippen LogP contribution >= 0.6 is 15.6 Å². The third kappa shape index (κ3) is 74.3. The second-order valence-electron chi connectivity index (χ2n) is 27.0. The van der Waals surface area contributed by atoms with Crippen molar-refractivity contribution in [1.82, 2.24) is 0 Å². The predicted octanol–water partition coefficient (Wildman–Crippen LogP) is 23.6. The van der Waals surface area contributed by atoms with E-state index in [0.717, 1.165) is 199 Å². The lowest BCUT2D eigenvalue weighted by Crippen LogP contribution is -2.30. The first-order valence-corrected chi connectivity index (χ1v) is 43.5. The van der Waals surface area contributed by atoms with E-state index in [9.17, 15) is 43.2 Å². The van der Waals surface area contributed by atoms with Crippen molar-refractivity contribution in [3.8, 4) is 0 Å². The number of phosphoric acid groups is 2. The molecule has 0 aromatic rings. The summed E-state index contributed by atoms with van der Waals surface area (Å²) in [5.41, 5.74) is 0. The van der Waals surface area contributed by atoms with Crippen LogP contribution in [0.25, 0.3) is 0 Å². The Balaban J connectivity index is 5.33. The summed E-state index contributed by atoms with van der Waals surface area (Å²) in [5.74, 6) is -2.19. The van der Waals surface area contributed by atoms with Crippen LogP contribution in [0.4, 0.5) is 0 Å². The van der Waals surface area contributed by atoms with E-state index in [-0.39, 0.29) is 25.7 Å². The monoisotopic (exact) mass is 1480 g/mol. The van der Waals surface area contributed by atoms with Crippen LogP contribution in [0, 0.1) is 0 Å². The van der Waals surface area contributed by atoms with Crippen LogP contribution in [-0.2, 0) is 65.4 Å². The van der Waals surface area contributed by atoms with Gasteiger partial charge in [-0.15, -0.1) is 0 Å². The summed E-state index contributed by atoms with van der Waals surface area (Å²) in [6.45, 7) is 4.68. The van der Waals surface area contributed by atoms with Crippen molar-refractivity contribution in [2.24, 2.45) is 0 Å². The van der Waals surface area contributed by atoms with E-state index in [1.807, 2.05) is 0 Å². The van der Waals surface area contributed by atoms with Crippen molar-refractivity contribution in [3.63, 3.8) is 0 Å². The van der Waals surface area contributed by atoms with Crippen molar-refractivity contribution < 1.29 is 80.2 Å². The number of esters is 4. The molecule has 0 rings (SSSR count). The number of carbonyl (C=O) groups is 4. The molecule has 0 aromatic heterocycles. The number of aliphatic hydroxyl groups is 1. The first kappa shape index (κ1) is 98.0. The first-order chi connectivity index (χ1) is 49.7. The third-order valence-corrected chi connectivity index (χ3v) is 18.9. The van der Waals surface area contributed by atoms with Gasteiger partial charge in [0, 0.05) is 25.7 Å². The lowest BCUT2D eigenvalue weighted by Gasteiger charge is -2.21. The Morgan fingerprint density at radius 3 is 0.843 bits per heavy atom. The molecular formula is C83H146O17P2. The van der Waals surface area contributed by atoms with Gasteiger partial charge in [-0.3, -0.25) is 37.3 Å². The number of ether oxygens (including phenoxy) is 4. The Bertz CT molecular complexity index is 2310. The average molecular weight is 1480 g/mol. The van der Waals surface area contributed by atoms with Gasteiger partial charge in [-0.05, 0) is 122 Å². The highest BCUT2D eigenvalue weighted by molar-refractivity contribution is 7.47. The number of carbonyl (C=O) groups excluding carboxylic acids is 4. The number of hydrogen-bond donors (Lipinski definition) is 3. The summed E-state index contributed by atoms with van der Waals surface area (Å²) in [6, 6.07) is 0. The lowest BCUT2D eigenvalue weighted by atomic mass is 10.0. The Morgan fingerprint density at radius 2 is 0.529 bits per heavy atom. The standard InChI is InChI=1S/C83H146O17P2/c1-5-9-13-17-21-25-29-33-35-37-38-40-42-46-48-52-56-60-64-68-81(86)94-74-79(100-83(88)70-66-62-58-54-50-44-32-28-24-20-16-12-8-4)76-98-102(91,92)96-72-77(84)71-95-101(89,90)97-75-78(99-82(87)69-65-61-57-53-49-43-31-27-23-19-15-11-7-3)73-93-80(85)67-63-59-55-51-47-45-41-39-36-34-30-26-22-18-14-10-6-2/h10,14-15,19,21-22,25-27,31,33-36,38,40,77-79,84H,5-9,11-13,16-18,20,23-24,28-30,32,37,39,41-76H2,1-4H3,(H,89,90)(H,91,92)/b14-10-,19-15-,25-21-,26-22-,31-27-,35-33-,36-34-,40-38-. The zero-order chi connectivity index (χ0) is 74.6. The van der Waals surface area contributed by atoms with E-state index < -0.39 is 97.5 Å². The van der Waals surface area contributed by atoms with Crippen LogP contribution in [0.15, 0.2) is 97.2 Å². The van der Waals surface area contributed by atoms with Crippen molar-refractivity contribution in [1.29, 1.82) is 0 Å². The quantitative estimate of drug-likeness (QED) is 0.0169. The number of rotatable bonds is 76. The van der Waals surface area contributed by atoms with Gasteiger partial charge in [-0.1, -0.05) is 298 Å². The molecule has 0 aliphatic rings. The highest BCUT2D eigenvalue weighted by Gasteiger charge is 2.30. The topological polar surface area (TPSA) is 237 Å². The fourth-order valence-electron chi connectivity index (χ4n) is 10.9. The van der Waals surface area contributed by atoms with Gasteiger partial charge in [0.25, 0.3) is 0 Å². The molecule has 5 atom stereocenters. The minimum atomic E-state index is -4.98. The summed E-state index contributed by atoms with van der Waals surface area (Å²) >= 11 is 0. The number of unbranched alkanes of at least 4 members (excludes halogenated alkanes) is 34. The van der Waals surface area contributed by atoms with E-state index in [1.54, 1.807) is 0 Å². The van der Waals surface area contributed by atoms with Gasteiger partial charge >= 0.3 is 39.5 Å². The van der Waals surface area contributed by atoms with Crippen LogP contribution in [-0.4, -0.2) is 96.7 Å². The summed E-state index contributed by atoms with van der Waals surface area (Å²) in [5, 5.41) is 10.6. The fraction of sp³-hybridized carbons (Fsp3) is 0.759. The molecule has 0 radical (unpaired) electrons. The van der Waals surface area contributed by atoms with Gasteiger partial charge in [0.15, 0.2) is 12.2 Å². The number of allylic oxidation sites excluding steroid dienone is 16. The smallest absolute Gasteiger partial charge is 0.462 e. The largest absolute Gasteiger partial charge is 0.472 e. The molecule has 0 aliphatic heterocycles. The Labute approximate surface area is 620 Å². The molecule has 3 N–H and O–H groups in total. The summed E-state index contributed by atoms with van der Waals surface area (Å²) < 4.78 is 68.6. The maximum absolute atomic E-state index is 13.1. The molecule has 17 nitrogen and oxygen atoms in total. The van der Waals surface area contributed by atoms with Crippen LogP contribution in [0.1, 0.15) is 349 Å². The zero-order valence-corrected chi connectivity index (χ0v) is 66.3. The number of phosphoric ester groups is 2. The number of aliphatic hydroxyl groups excluding tert-OH is 1. The maximum atomic E-state index is 13.1. The number of hydrogen-bond acceptors (Lipinski definition) is 15. The van der Waals surface area contributed by atoms with Gasteiger partial charge in [0.05, 0.1) is 26.4 Å². The zero-order valence-electron chi connectivity index (χ0n) is 64.5. The molecule has 5 unspecified atom stereocenters. The molecule has 0 aliphatic carbocycles. The second kappa shape index (κ2) is 75.2. The van der Waals surface area contributed by atoms with E-state index in [0.29, 0.717) is 25.7 Å². The van der Waals surface area contributed by atoms with Gasteiger partial charge in [-0.2, -0.15) is 0 Å². The first-order valence-electron chi connectivity index (χ1n) is 40.5. The van der Waals surface area contributed by atoms with Crippen molar-refractivity contribution in [2.45, 2.75) is 367 Å². The minimum absolute atomic E-state index is 0.0768. The molecule has 0 bridgehead atoms. The average Bonchev–Trinajstić information content (AvgIpc) is 0.907. The molecular weight excluding hydrogens is 1330 g/mol. The van der Waals surface area contributed by atoms with Gasteiger partial charge in [0.1, 0.15) is 19.3 Å². The summed E-state index contributed by atoms with van der Waals surface area (Å²) in [4.78, 5) is 73.0. The molecule has 590 valence electrons. The molecule has 0 spiro atoms. The second-order valence-corrected chi connectivity index (χ2v) is 29.9. The fourth-order valence-corrected chi connectivity index (χ4v) is 12.4. The van der Waals surface area contributed by atoms with E-state index in [1.165, 1.54) is 70.6 Å². The highest BCUT2D eigenvalue weighted by atomic mass is 31.2. The van der Waals surface area contributed by atoms with Gasteiger partial charge in [-0.25, -0.2) is 9.13 Å². The molecule has 0 saturated heterocycles. The van der Waals surface area contributed by atoms with Crippen LogP contribution < -0.4 is 0 Å². The van der Waals surface area contributed by atoms with E-state index in [2.05, 4.69) is 125 Å². The Morgan fingerprint density at radius 1 is 0.284 bits per heavy atom. The Hall–Kier alpha value is -4.02. The molecule has 19 heteroatoms.